The van der Waals surface area contributed by atoms with Gasteiger partial charge in [-0.05, 0) is 36.8 Å². The molecule has 5 nitrogen and oxygen atoms in total. The number of nitrogen functional groups attached to an aromatic ring is 1. The van der Waals surface area contributed by atoms with Crippen molar-refractivity contribution in [3.63, 3.8) is 0 Å². The molecule has 3 N–H and O–H groups in total. The smallest absolute Gasteiger partial charge is 0.259 e. The lowest BCUT2D eigenvalue weighted by atomic mass is 10.1. The molecule has 0 saturated heterocycles. The summed E-state index contributed by atoms with van der Waals surface area (Å²) in [6, 6.07) is 10.5. The fourth-order valence-corrected chi connectivity index (χ4v) is 2.11. The highest BCUT2D eigenvalue weighted by Gasteiger charge is 2.14. The van der Waals surface area contributed by atoms with Crippen LogP contribution in [0.2, 0.25) is 0 Å². The molecule has 2 rings (SSSR count). The van der Waals surface area contributed by atoms with Crippen molar-refractivity contribution in [2.75, 3.05) is 25.3 Å². The molecule has 5 heteroatoms. The third-order valence-electron chi connectivity index (χ3n) is 3.15. The zero-order chi connectivity index (χ0) is 15.4. The summed E-state index contributed by atoms with van der Waals surface area (Å²) in [4.78, 5) is 12.3. The number of benzene rings is 2. The van der Waals surface area contributed by atoms with Crippen LogP contribution in [0.3, 0.4) is 0 Å². The number of aryl methyl sites for hydroxylation is 1. The van der Waals surface area contributed by atoms with Gasteiger partial charge in [-0.2, -0.15) is 0 Å². The Morgan fingerprint density at radius 3 is 2.52 bits per heavy atom. The van der Waals surface area contributed by atoms with Gasteiger partial charge < -0.3 is 20.5 Å². The van der Waals surface area contributed by atoms with Gasteiger partial charge >= 0.3 is 0 Å². The quantitative estimate of drug-likeness (QED) is 0.848. The van der Waals surface area contributed by atoms with Crippen molar-refractivity contribution in [1.29, 1.82) is 0 Å². The molecule has 0 radical (unpaired) electrons. The number of anilines is 2. The lowest BCUT2D eigenvalue weighted by Crippen LogP contribution is -2.14. The number of amides is 1. The highest BCUT2D eigenvalue weighted by atomic mass is 16.5. The number of hydrogen-bond acceptors (Lipinski definition) is 4. The van der Waals surface area contributed by atoms with Gasteiger partial charge in [0.2, 0.25) is 0 Å². The maximum Gasteiger partial charge on any atom is 0.259 e. The van der Waals surface area contributed by atoms with Crippen molar-refractivity contribution >= 4 is 17.3 Å². The van der Waals surface area contributed by atoms with Gasteiger partial charge in [-0.15, -0.1) is 0 Å². The van der Waals surface area contributed by atoms with Crippen LogP contribution in [0.4, 0.5) is 11.4 Å². The molecule has 0 aliphatic heterocycles. The van der Waals surface area contributed by atoms with Crippen molar-refractivity contribution in [3.8, 4) is 11.5 Å². The summed E-state index contributed by atoms with van der Waals surface area (Å²) in [5.41, 5.74) is 8.27. The van der Waals surface area contributed by atoms with E-state index in [1.54, 1.807) is 38.5 Å². The first kappa shape index (κ1) is 14.7. The minimum Gasteiger partial charge on any atom is -0.496 e. The summed E-state index contributed by atoms with van der Waals surface area (Å²) >= 11 is 0. The Morgan fingerprint density at radius 2 is 1.90 bits per heavy atom. The fourth-order valence-electron chi connectivity index (χ4n) is 2.11. The number of para-hydroxylation sites is 1. The van der Waals surface area contributed by atoms with E-state index in [1.165, 1.54) is 0 Å². The van der Waals surface area contributed by atoms with Gasteiger partial charge in [-0.3, -0.25) is 4.79 Å². The highest BCUT2D eigenvalue weighted by Crippen LogP contribution is 2.27. The largest absolute Gasteiger partial charge is 0.496 e. The van der Waals surface area contributed by atoms with E-state index in [0.29, 0.717) is 28.4 Å². The summed E-state index contributed by atoms with van der Waals surface area (Å²) in [6.07, 6.45) is 0. The molecular weight excluding hydrogens is 268 g/mol. The van der Waals surface area contributed by atoms with E-state index in [9.17, 15) is 4.79 Å². The number of ether oxygens (including phenoxy) is 2. The second-order valence-corrected chi connectivity index (χ2v) is 4.57. The molecule has 0 heterocycles. The normalized spacial score (nSPS) is 10.0. The van der Waals surface area contributed by atoms with Gasteiger partial charge in [-0.25, -0.2) is 0 Å². The number of rotatable bonds is 4. The molecule has 0 bridgehead atoms. The second-order valence-electron chi connectivity index (χ2n) is 4.57. The van der Waals surface area contributed by atoms with Crippen LogP contribution in [0.15, 0.2) is 36.4 Å². The molecule has 21 heavy (non-hydrogen) atoms. The standard InChI is InChI=1S/C16H18N2O3/c1-10-5-4-6-12(15(10)21-3)16(19)18-11-7-8-14(20-2)13(17)9-11/h4-9H,17H2,1-3H3,(H,18,19). The molecule has 0 saturated carbocycles. The summed E-state index contributed by atoms with van der Waals surface area (Å²) in [6.45, 7) is 1.89. The van der Waals surface area contributed by atoms with E-state index in [2.05, 4.69) is 5.32 Å². The molecule has 110 valence electrons. The molecule has 0 aromatic heterocycles. The van der Waals surface area contributed by atoms with Crippen molar-refractivity contribution in [1.82, 2.24) is 0 Å². The van der Waals surface area contributed by atoms with Crippen LogP contribution in [0.25, 0.3) is 0 Å². The third kappa shape index (κ3) is 3.08. The lowest BCUT2D eigenvalue weighted by molar-refractivity contribution is 0.102. The lowest BCUT2D eigenvalue weighted by Gasteiger charge is -2.12. The van der Waals surface area contributed by atoms with Gasteiger partial charge in [0.05, 0.1) is 25.5 Å². The first-order valence-electron chi connectivity index (χ1n) is 6.45. The Morgan fingerprint density at radius 1 is 1.14 bits per heavy atom. The van der Waals surface area contributed by atoms with Gasteiger partial charge in [-0.1, -0.05) is 12.1 Å². The first-order valence-corrected chi connectivity index (χ1v) is 6.45. The summed E-state index contributed by atoms with van der Waals surface area (Å²) in [5.74, 6) is 0.887. The number of nitrogens with two attached hydrogens (primary N) is 1. The topological polar surface area (TPSA) is 73.6 Å². The van der Waals surface area contributed by atoms with Crippen molar-refractivity contribution in [2.45, 2.75) is 6.92 Å². The van der Waals surface area contributed by atoms with Crippen LogP contribution in [-0.4, -0.2) is 20.1 Å². The summed E-state index contributed by atoms with van der Waals surface area (Å²) in [5, 5.41) is 2.80. The molecular formula is C16H18N2O3. The second kappa shape index (κ2) is 6.17. The molecule has 0 atom stereocenters. The van der Waals surface area contributed by atoms with Crippen molar-refractivity contribution in [3.05, 3.63) is 47.5 Å². The Hall–Kier alpha value is -2.69. The van der Waals surface area contributed by atoms with Crippen molar-refractivity contribution in [2.24, 2.45) is 0 Å². The van der Waals surface area contributed by atoms with Crippen LogP contribution in [0.5, 0.6) is 11.5 Å². The minimum absolute atomic E-state index is 0.250. The van der Waals surface area contributed by atoms with E-state index in [1.807, 2.05) is 19.1 Å². The highest BCUT2D eigenvalue weighted by molar-refractivity contribution is 6.06. The van der Waals surface area contributed by atoms with Crippen molar-refractivity contribution < 1.29 is 14.3 Å². The maximum absolute atomic E-state index is 12.3. The number of carbonyl (C=O) groups is 1. The molecule has 0 fully saturated rings. The predicted molar refractivity (Wildman–Crippen MR) is 83.1 cm³/mol. The zero-order valence-corrected chi connectivity index (χ0v) is 12.3. The van der Waals surface area contributed by atoms with E-state index >= 15 is 0 Å². The zero-order valence-electron chi connectivity index (χ0n) is 12.3. The average Bonchev–Trinajstić information content (AvgIpc) is 2.47. The first-order chi connectivity index (χ1) is 10.1. The molecule has 0 spiro atoms. The molecule has 2 aromatic carbocycles. The number of carbonyl (C=O) groups excluding carboxylic acids is 1. The van der Waals surface area contributed by atoms with Gasteiger partial charge in [0, 0.05) is 5.69 Å². The Bertz CT molecular complexity index is 669. The van der Waals surface area contributed by atoms with E-state index in [0.717, 1.165) is 5.56 Å². The van der Waals surface area contributed by atoms with Crippen LogP contribution in [0, 0.1) is 6.92 Å². The van der Waals surface area contributed by atoms with Gasteiger partial charge in [0.1, 0.15) is 11.5 Å². The van der Waals surface area contributed by atoms with Crippen LogP contribution < -0.4 is 20.5 Å². The van der Waals surface area contributed by atoms with E-state index < -0.39 is 0 Å². The SMILES string of the molecule is COc1ccc(NC(=O)c2cccc(C)c2OC)cc1N. The van der Waals surface area contributed by atoms with Crippen LogP contribution >= 0.6 is 0 Å². The molecule has 2 aromatic rings. The van der Waals surface area contributed by atoms with E-state index in [4.69, 9.17) is 15.2 Å². The molecule has 0 unspecified atom stereocenters. The molecule has 0 aliphatic rings. The van der Waals surface area contributed by atoms with Gasteiger partial charge in [0.15, 0.2) is 0 Å². The fraction of sp³-hybridized carbons (Fsp3) is 0.188. The summed E-state index contributed by atoms with van der Waals surface area (Å²) < 4.78 is 10.4. The Balaban J connectivity index is 2.26. The number of nitrogens with one attached hydrogen (secondary N) is 1. The Kier molecular flexibility index (Phi) is 4.33. The van der Waals surface area contributed by atoms with Crippen LogP contribution in [-0.2, 0) is 0 Å². The van der Waals surface area contributed by atoms with Crippen LogP contribution in [0.1, 0.15) is 15.9 Å². The maximum atomic E-state index is 12.3. The number of methoxy groups -OCH3 is 2. The minimum atomic E-state index is -0.250. The monoisotopic (exact) mass is 286 g/mol. The van der Waals surface area contributed by atoms with Gasteiger partial charge in [0.25, 0.3) is 5.91 Å². The Labute approximate surface area is 123 Å². The molecule has 0 aliphatic carbocycles. The summed E-state index contributed by atoms with van der Waals surface area (Å²) in [7, 11) is 3.09. The average molecular weight is 286 g/mol. The van der Waals surface area contributed by atoms with E-state index in [-0.39, 0.29) is 5.91 Å². The number of hydrogen-bond donors (Lipinski definition) is 2. The predicted octanol–water partition coefficient (Wildman–Crippen LogP) is 2.85. The third-order valence-corrected chi connectivity index (χ3v) is 3.15. The molecule has 1 amide bonds.